The second-order valence-corrected chi connectivity index (χ2v) is 7.56. The van der Waals surface area contributed by atoms with Gasteiger partial charge in [0.15, 0.2) is 0 Å². The minimum atomic E-state index is -0.137. The molecule has 1 fully saturated rings. The molecule has 1 aliphatic heterocycles. The number of halogens is 2. The molecule has 106 valence electrons. The van der Waals surface area contributed by atoms with Crippen LogP contribution in [0.25, 0.3) is 0 Å². The standard InChI is InChI=1S/C15H22BrFN2/c1-14(2)10-19(15(3,4)9-18-14)8-11-5-6-12(16)7-13(11)17/h5-7,18H,8-10H2,1-4H3. The second-order valence-electron chi connectivity index (χ2n) is 6.64. The van der Waals surface area contributed by atoms with E-state index >= 15 is 0 Å². The van der Waals surface area contributed by atoms with Crippen LogP contribution in [0.2, 0.25) is 0 Å². The molecule has 1 aliphatic rings. The van der Waals surface area contributed by atoms with E-state index in [1.54, 1.807) is 0 Å². The minimum Gasteiger partial charge on any atom is -0.309 e. The molecule has 1 heterocycles. The van der Waals surface area contributed by atoms with Gasteiger partial charge in [0.2, 0.25) is 0 Å². The van der Waals surface area contributed by atoms with Gasteiger partial charge in [0, 0.05) is 40.7 Å². The van der Waals surface area contributed by atoms with Crippen molar-refractivity contribution in [3.63, 3.8) is 0 Å². The molecular formula is C15H22BrFN2. The molecule has 0 aromatic heterocycles. The zero-order valence-corrected chi connectivity index (χ0v) is 13.6. The number of piperazine rings is 1. The van der Waals surface area contributed by atoms with Gasteiger partial charge in [0.1, 0.15) is 5.82 Å². The van der Waals surface area contributed by atoms with E-state index in [4.69, 9.17) is 0 Å². The SMILES string of the molecule is CC1(C)CN(Cc2ccc(Br)cc2F)C(C)(C)CN1. The van der Waals surface area contributed by atoms with Crippen LogP contribution in [0, 0.1) is 5.82 Å². The lowest BCUT2D eigenvalue weighted by molar-refractivity contribution is 0.0315. The van der Waals surface area contributed by atoms with E-state index in [0.29, 0.717) is 6.54 Å². The van der Waals surface area contributed by atoms with Gasteiger partial charge in [-0.25, -0.2) is 4.39 Å². The highest BCUT2D eigenvalue weighted by Gasteiger charge is 2.37. The van der Waals surface area contributed by atoms with Gasteiger partial charge >= 0.3 is 0 Å². The van der Waals surface area contributed by atoms with E-state index < -0.39 is 0 Å². The molecule has 0 bridgehead atoms. The number of nitrogens with zero attached hydrogens (tertiary/aromatic N) is 1. The van der Waals surface area contributed by atoms with Crippen LogP contribution >= 0.6 is 15.9 Å². The van der Waals surface area contributed by atoms with Crippen LogP contribution in [0.1, 0.15) is 33.3 Å². The van der Waals surface area contributed by atoms with Crippen LogP contribution in [0.3, 0.4) is 0 Å². The van der Waals surface area contributed by atoms with Crippen molar-refractivity contribution >= 4 is 15.9 Å². The maximum Gasteiger partial charge on any atom is 0.128 e. The Kier molecular flexibility index (Phi) is 4.05. The third kappa shape index (κ3) is 3.56. The highest BCUT2D eigenvalue weighted by atomic mass is 79.9. The molecule has 0 saturated carbocycles. The molecule has 1 N–H and O–H groups in total. The summed E-state index contributed by atoms with van der Waals surface area (Å²) in [5.41, 5.74) is 0.866. The van der Waals surface area contributed by atoms with Gasteiger partial charge in [-0.3, -0.25) is 4.90 Å². The Morgan fingerprint density at radius 3 is 2.63 bits per heavy atom. The Bertz CT molecular complexity index is 471. The van der Waals surface area contributed by atoms with E-state index in [1.165, 1.54) is 6.07 Å². The van der Waals surface area contributed by atoms with Crippen molar-refractivity contribution in [3.05, 3.63) is 34.1 Å². The summed E-state index contributed by atoms with van der Waals surface area (Å²) in [6, 6.07) is 5.30. The topological polar surface area (TPSA) is 15.3 Å². The third-order valence-corrected chi connectivity index (χ3v) is 4.31. The average molecular weight is 329 g/mol. The molecule has 0 spiro atoms. The maximum absolute atomic E-state index is 14.0. The molecule has 1 aromatic carbocycles. The van der Waals surface area contributed by atoms with Crippen molar-refractivity contribution < 1.29 is 4.39 Å². The van der Waals surface area contributed by atoms with Gasteiger partial charge in [0.25, 0.3) is 0 Å². The Labute approximate surface area is 123 Å². The van der Waals surface area contributed by atoms with Gasteiger partial charge in [-0.2, -0.15) is 0 Å². The number of nitrogens with one attached hydrogen (secondary N) is 1. The normalized spacial score (nSPS) is 22.4. The highest BCUT2D eigenvalue weighted by molar-refractivity contribution is 9.10. The van der Waals surface area contributed by atoms with E-state index in [0.717, 1.165) is 23.1 Å². The van der Waals surface area contributed by atoms with Crippen LogP contribution in [-0.2, 0) is 6.54 Å². The fourth-order valence-electron chi connectivity index (χ4n) is 2.44. The first-order chi connectivity index (χ1) is 8.70. The van der Waals surface area contributed by atoms with Gasteiger partial charge in [0.05, 0.1) is 0 Å². The molecular weight excluding hydrogens is 307 g/mol. The molecule has 0 amide bonds. The predicted octanol–water partition coefficient (Wildman–Crippen LogP) is 3.55. The van der Waals surface area contributed by atoms with E-state index in [9.17, 15) is 4.39 Å². The molecule has 2 rings (SSSR count). The lowest BCUT2D eigenvalue weighted by atomic mass is 9.91. The Balaban J connectivity index is 2.20. The molecule has 2 nitrogen and oxygen atoms in total. The number of hydrogen-bond donors (Lipinski definition) is 1. The molecule has 0 radical (unpaired) electrons. The zero-order valence-electron chi connectivity index (χ0n) is 12.1. The summed E-state index contributed by atoms with van der Waals surface area (Å²) in [4.78, 5) is 2.36. The Morgan fingerprint density at radius 1 is 1.32 bits per heavy atom. The summed E-state index contributed by atoms with van der Waals surface area (Å²) in [5.74, 6) is -0.137. The van der Waals surface area contributed by atoms with Gasteiger partial charge in [-0.15, -0.1) is 0 Å². The summed E-state index contributed by atoms with van der Waals surface area (Å²) >= 11 is 3.30. The van der Waals surface area contributed by atoms with Gasteiger partial charge < -0.3 is 5.32 Å². The molecule has 0 aliphatic carbocycles. The lowest BCUT2D eigenvalue weighted by Crippen LogP contribution is -2.65. The Hall–Kier alpha value is -0.450. The molecule has 1 saturated heterocycles. The largest absolute Gasteiger partial charge is 0.309 e. The van der Waals surface area contributed by atoms with Crippen molar-refractivity contribution in [2.75, 3.05) is 13.1 Å². The summed E-state index contributed by atoms with van der Waals surface area (Å²) in [6.07, 6.45) is 0. The molecule has 0 unspecified atom stereocenters. The first-order valence-corrected chi connectivity index (χ1v) is 7.43. The summed E-state index contributed by atoms with van der Waals surface area (Å²) in [6.45, 7) is 11.3. The average Bonchev–Trinajstić information content (AvgIpc) is 2.28. The first kappa shape index (κ1) is 14.9. The first-order valence-electron chi connectivity index (χ1n) is 6.64. The van der Waals surface area contributed by atoms with Crippen molar-refractivity contribution in [1.29, 1.82) is 0 Å². The van der Waals surface area contributed by atoms with Crippen molar-refractivity contribution in [2.24, 2.45) is 0 Å². The molecule has 4 heteroatoms. The summed E-state index contributed by atoms with van der Waals surface area (Å²) in [5, 5.41) is 3.55. The monoisotopic (exact) mass is 328 g/mol. The van der Waals surface area contributed by atoms with E-state index in [1.807, 2.05) is 12.1 Å². The number of benzene rings is 1. The van der Waals surface area contributed by atoms with Gasteiger partial charge in [-0.05, 0) is 39.8 Å². The Morgan fingerprint density at radius 2 is 2.00 bits per heavy atom. The summed E-state index contributed by atoms with van der Waals surface area (Å²) in [7, 11) is 0. The van der Waals surface area contributed by atoms with Crippen molar-refractivity contribution in [2.45, 2.75) is 45.3 Å². The fourth-order valence-corrected chi connectivity index (χ4v) is 2.77. The molecule has 1 aromatic rings. The second kappa shape index (κ2) is 5.15. The number of rotatable bonds is 2. The lowest BCUT2D eigenvalue weighted by Gasteiger charge is -2.49. The van der Waals surface area contributed by atoms with Crippen LogP contribution in [-0.4, -0.2) is 29.1 Å². The zero-order chi connectivity index (χ0) is 14.3. The van der Waals surface area contributed by atoms with Gasteiger partial charge in [-0.1, -0.05) is 22.0 Å². The minimum absolute atomic E-state index is 0.0367. The maximum atomic E-state index is 14.0. The van der Waals surface area contributed by atoms with Crippen LogP contribution in [0.5, 0.6) is 0 Å². The van der Waals surface area contributed by atoms with Crippen LogP contribution in [0.4, 0.5) is 4.39 Å². The third-order valence-electron chi connectivity index (χ3n) is 3.82. The highest BCUT2D eigenvalue weighted by Crippen LogP contribution is 2.26. The van der Waals surface area contributed by atoms with Crippen LogP contribution < -0.4 is 5.32 Å². The fraction of sp³-hybridized carbons (Fsp3) is 0.600. The molecule has 19 heavy (non-hydrogen) atoms. The number of hydrogen-bond acceptors (Lipinski definition) is 2. The van der Waals surface area contributed by atoms with E-state index in [2.05, 4.69) is 53.8 Å². The van der Waals surface area contributed by atoms with Crippen LogP contribution in [0.15, 0.2) is 22.7 Å². The predicted molar refractivity (Wildman–Crippen MR) is 80.7 cm³/mol. The van der Waals surface area contributed by atoms with Crippen molar-refractivity contribution in [3.8, 4) is 0 Å². The molecule has 0 atom stereocenters. The summed E-state index contributed by atoms with van der Waals surface area (Å²) < 4.78 is 14.8. The van der Waals surface area contributed by atoms with Crippen molar-refractivity contribution in [1.82, 2.24) is 10.2 Å². The quantitative estimate of drug-likeness (QED) is 0.893. The van der Waals surface area contributed by atoms with E-state index in [-0.39, 0.29) is 16.9 Å². The smallest absolute Gasteiger partial charge is 0.128 e.